The highest BCUT2D eigenvalue weighted by atomic mass is 16.6. The van der Waals surface area contributed by atoms with Gasteiger partial charge < -0.3 is 9.94 Å². The molecule has 0 bridgehead atoms. The molecule has 0 unspecified atom stereocenters. The van der Waals surface area contributed by atoms with Gasteiger partial charge in [-0.3, -0.25) is 0 Å². The third kappa shape index (κ3) is 2.93. The van der Waals surface area contributed by atoms with E-state index in [9.17, 15) is 5.11 Å². The third-order valence-electron chi connectivity index (χ3n) is 2.83. The second kappa shape index (κ2) is 5.56. The number of hydrogen-bond donors (Lipinski definition) is 1. The molecule has 5 heteroatoms. The van der Waals surface area contributed by atoms with Crippen LogP contribution in [-0.2, 0) is 18.5 Å². The van der Waals surface area contributed by atoms with Crippen molar-refractivity contribution in [3.63, 3.8) is 0 Å². The number of aromatic nitrogens is 2. The Bertz CT molecular complexity index is 588. The summed E-state index contributed by atoms with van der Waals surface area (Å²) in [5.74, 6) is 0.0991. The first-order valence-electron chi connectivity index (χ1n) is 6.03. The van der Waals surface area contributed by atoms with E-state index in [1.807, 2.05) is 37.3 Å². The van der Waals surface area contributed by atoms with Crippen LogP contribution in [0.5, 0.6) is 5.88 Å². The van der Waals surface area contributed by atoms with Crippen LogP contribution in [0.1, 0.15) is 23.7 Å². The molecule has 0 fully saturated rings. The molecule has 1 aromatic carbocycles. The smallest absolute Gasteiger partial charge is 0.218 e. The lowest BCUT2D eigenvalue weighted by Gasteiger charge is -2.02. The predicted octanol–water partition coefficient (Wildman–Crippen LogP) is 2.37. The van der Waals surface area contributed by atoms with Crippen molar-refractivity contribution in [2.45, 2.75) is 20.5 Å². The summed E-state index contributed by atoms with van der Waals surface area (Å²) in [6.07, 6.45) is 0. The molecule has 5 nitrogen and oxygen atoms in total. The zero-order chi connectivity index (χ0) is 13.8. The molecular weight excluding hydrogens is 242 g/mol. The summed E-state index contributed by atoms with van der Waals surface area (Å²) in [6, 6.07) is 9.79. The summed E-state index contributed by atoms with van der Waals surface area (Å²) in [5.41, 5.74) is 3.00. The predicted molar refractivity (Wildman–Crippen MR) is 73.1 cm³/mol. The Balaban J connectivity index is 2.07. The normalized spacial score (nSPS) is 11.6. The molecule has 19 heavy (non-hydrogen) atoms. The monoisotopic (exact) mass is 259 g/mol. The standard InChI is InChI=1S/C14H17N3O2/c1-10-13(14(18)17(3)15-10)11(2)16-19-9-12-7-5-4-6-8-12/h4-8,18H,9H2,1-3H3/b16-11+. The van der Waals surface area contributed by atoms with Gasteiger partial charge in [0.05, 0.1) is 17.0 Å². The van der Waals surface area contributed by atoms with E-state index in [4.69, 9.17) is 4.84 Å². The van der Waals surface area contributed by atoms with Crippen molar-refractivity contribution in [1.29, 1.82) is 0 Å². The molecule has 0 aliphatic heterocycles. The highest BCUT2D eigenvalue weighted by Crippen LogP contribution is 2.20. The van der Waals surface area contributed by atoms with Crippen molar-refractivity contribution in [3.05, 3.63) is 47.2 Å². The first-order chi connectivity index (χ1) is 9.09. The minimum atomic E-state index is 0.0991. The van der Waals surface area contributed by atoms with E-state index >= 15 is 0 Å². The number of aryl methyl sites for hydroxylation is 2. The molecule has 0 atom stereocenters. The van der Waals surface area contributed by atoms with E-state index in [0.29, 0.717) is 17.9 Å². The van der Waals surface area contributed by atoms with Crippen LogP contribution in [0.4, 0.5) is 0 Å². The maximum atomic E-state index is 9.87. The van der Waals surface area contributed by atoms with Gasteiger partial charge in [0.1, 0.15) is 6.61 Å². The second-order valence-corrected chi connectivity index (χ2v) is 4.34. The topological polar surface area (TPSA) is 59.6 Å². The summed E-state index contributed by atoms with van der Waals surface area (Å²) >= 11 is 0. The molecule has 0 radical (unpaired) electrons. The Labute approximate surface area is 112 Å². The number of benzene rings is 1. The number of nitrogens with zero attached hydrogens (tertiary/aromatic N) is 3. The van der Waals surface area contributed by atoms with Gasteiger partial charge in [-0.25, -0.2) is 4.68 Å². The highest BCUT2D eigenvalue weighted by molar-refractivity contribution is 6.01. The van der Waals surface area contributed by atoms with Gasteiger partial charge in [0.15, 0.2) is 0 Å². The van der Waals surface area contributed by atoms with E-state index in [1.165, 1.54) is 4.68 Å². The molecule has 0 aliphatic rings. The molecule has 0 saturated heterocycles. The van der Waals surface area contributed by atoms with Crippen molar-refractivity contribution in [1.82, 2.24) is 9.78 Å². The zero-order valence-electron chi connectivity index (χ0n) is 11.3. The van der Waals surface area contributed by atoms with Gasteiger partial charge in [-0.15, -0.1) is 0 Å². The average molecular weight is 259 g/mol. The summed E-state index contributed by atoms with van der Waals surface area (Å²) in [5, 5.41) is 18.0. The first kappa shape index (κ1) is 13.1. The lowest BCUT2D eigenvalue weighted by atomic mass is 10.2. The van der Waals surface area contributed by atoms with Gasteiger partial charge >= 0.3 is 0 Å². The number of oxime groups is 1. The zero-order valence-corrected chi connectivity index (χ0v) is 11.3. The Morgan fingerprint density at radius 3 is 2.63 bits per heavy atom. The lowest BCUT2D eigenvalue weighted by molar-refractivity contribution is 0.130. The van der Waals surface area contributed by atoms with Gasteiger partial charge in [-0.2, -0.15) is 5.10 Å². The minimum absolute atomic E-state index is 0.0991. The quantitative estimate of drug-likeness (QED) is 0.677. The summed E-state index contributed by atoms with van der Waals surface area (Å²) in [6.45, 7) is 4.01. The Hall–Kier alpha value is -2.30. The largest absolute Gasteiger partial charge is 0.493 e. The molecule has 0 aliphatic carbocycles. The van der Waals surface area contributed by atoms with Crippen molar-refractivity contribution >= 4 is 5.71 Å². The summed E-state index contributed by atoms with van der Waals surface area (Å²) in [4.78, 5) is 5.29. The maximum Gasteiger partial charge on any atom is 0.218 e. The van der Waals surface area contributed by atoms with E-state index in [-0.39, 0.29) is 5.88 Å². The maximum absolute atomic E-state index is 9.87. The Kier molecular flexibility index (Phi) is 3.85. The SMILES string of the molecule is C/C(=N\OCc1ccccc1)c1c(C)nn(C)c1O. The fraction of sp³-hybridized carbons (Fsp3) is 0.286. The van der Waals surface area contributed by atoms with Gasteiger partial charge in [0.25, 0.3) is 0 Å². The summed E-state index contributed by atoms with van der Waals surface area (Å²) in [7, 11) is 1.68. The third-order valence-corrected chi connectivity index (χ3v) is 2.83. The molecule has 100 valence electrons. The Morgan fingerprint density at radius 1 is 1.37 bits per heavy atom. The molecule has 2 rings (SSSR count). The number of aromatic hydroxyl groups is 1. The van der Waals surface area contributed by atoms with Crippen LogP contribution < -0.4 is 0 Å². The number of hydrogen-bond acceptors (Lipinski definition) is 4. The molecular formula is C14H17N3O2. The molecule has 1 aromatic heterocycles. The van der Waals surface area contributed by atoms with Gasteiger partial charge in [-0.1, -0.05) is 35.5 Å². The average Bonchev–Trinajstić information content (AvgIpc) is 2.64. The van der Waals surface area contributed by atoms with Crippen molar-refractivity contribution in [3.8, 4) is 5.88 Å². The first-order valence-corrected chi connectivity index (χ1v) is 6.03. The lowest BCUT2D eigenvalue weighted by Crippen LogP contribution is -1.98. The van der Waals surface area contributed by atoms with Gasteiger partial charge in [0, 0.05) is 7.05 Å². The molecule has 0 amide bonds. The molecule has 0 spiro atoms. The van der Waals surface area contributed by atoms with Gasteiger partial charge in [0.2, 0.25) is 5.88 Å². The van der Waals surface area contributed by atoms with Crippen LogP contribution in [0.3, 0.4) is 0 Å². The molecule has 1 heterocycles. The van der Waals surface area contributed by atoms with Crippen LogP contribution in [0.25, 0.3) is 0 Å². The summed E-state index contributed by atoms with van der Waals surface area (Å²) < 4.78 is 1.42. The molecule has 2 aromatic rings. The van der Waals surface area contributed by atoms with Crippen LogP contribution in [0, 0.1) is 6.92 Å². The van der Waals surface area contributed by atoms with Crippen molar-refractivity contribution < 1.29 is 9.94 Å². The van der Waals surface area contributed by atoms with E-state index < -0.39 is 0 Å². The van der Waals surface area contributed by atoms with Crippen LogP contribution in [-0.4, -0.2) is 20.6 Å². The van der Waals surface area contributed by atoms with Crippen LogP contribution in [0.15, 0.2) is 35.5 Å². The molecule has 0 saturated carbocycles. The van der Waals surface area contributed by atoms with E-state index in [1.54, 1.807) is 14.0 Å². The van der Waals surface area contributed by atoms with E-state index in [2.05, 4.69) is 10.3 Å². The fourth-order valence-corrected chi connectivity index (χ4v) is 1.89. The van der Waals surface area contributed by atoms with Crippen molar-refractivity contribution in [2.24, 2.45) is 12.2 Å². The van der Waals surface area contributed by atoms with E-state index in [0.717, 1.165) is 11.3 Å². The van der Waals surface area contributed by atoms with Crippen LogP contribution in [0.2, 0.25) is 0 Å². The Morgan fingerprint density at radius 2 is 2.05 bits per heavy atom. The fourth-order valence-electron chi connectivity index (χ4n) is 1.89. The number of rotatable bonds is 4. The molecule has 1 N–H and O–H groups in total. The van der Waals surface area contributed by atoms with Crippen molar-refractivity contribution in [2.75, 3.05) is 0 Å². The highest BCUT2D eigenvalue weighted by Gasteiger charge is 2.15. The second-order valence-electron chi connectivity index (χ2n) is 4.34. The van der Waals surface area contributed by atoms with Gasteiger partial charge in [-0.05, 0) is 19.4 Å². The van der Waals surface area contributed by atoms with Crippen LogP contribution >= 0.6 is 0 Å². The minimum Gasteiger partial charge on any atom is -0.493 e.